The van der Waals surface area contributed by atoms with Crippen LogP contribution >= 0.6 is 0 Å². The highest BCUT2D eigenvalue weighted by atomic mass is 16.3. The number of phenolic OH excluding ortho intramolecular Hbond substituents is 2. The van der Waals surface area contributed by atoms with E-state index >= 15 is 0 Å². The Morgan fingerprint density at radius 3 is 1.44 bits per heavy atom. The molecule has 0 saturated carbocycles. The first-order chi connectivity index (χ1) is 8.56. The Balaban J connectivity index is 2.06. The van der Waals surface area contributed by atoms with Gasteiger partial charge in [-0.25, -0.2) is 0 Å². The van der Waals surface area contributed by atoms with Crippen molar-refractivity contribution >= 4 is 22.7 Å². The van der Waals surface area contributed by atoms with Crippen LogP contribution in [0, 0.1) is 0 Å². The van der Waals surface area contributed by atoms with Crippen LogP contribution in [0.1, 0.15) is 0 Å². The van der Waals surface area contributed by atoms with Gasteiger partial charge >= 0.3 is 0 Å². The lowest BCUT2D eigenvalue weighted by molar-refractivity contribution is 0.477. The van der Waals surface area contributed by atoms with E-state index < -0.39 is 0 Å². The van der Waals surface area contributed by atoms with E-state index in [1.165, 1.54) is 12.1 Å². The van der Waals surface area contributed by atoms with Crippen LogP contribution in [0.15, 0.2) is 36.4 Å². The highest BCUT2D eigenvalue weighted by molar-refractivity contribution is 5.66. The molecular weight excluding hydrogens is 232 g/mol. The van der Waals surface area contributed by atoms with Crippen LogP contribution in [0.5, 0.6) is 11.5 Å². The molecule has 0 aromatic heterocycles. The molecule has 0 unspecified atom stereocenters. The minimum Gasteiger partial charge on any atom is -0.506 e. The lowest BCUT2D eigenvalue weighted by Crippen LogP contribution is -2.09. The third-order valence-corrected chi connectivity index (χ3v) is 2.41. The molecule has 0 radical (unpaired) electrons. The van der Waals surface area contributed by atoms with E-state index in [0.717, 1.165) is 0 Å². The number of aromatic hydroxyl groups is 2. The van der Waals surface area contributed by atoms with Crippen LogP contribution in [0.4, 0.5) is 22.7 Å². The number of benzene rings is 2. The first-order valence-corrected chi connectivity index (χ1v) is 5.25. The maximum absolute atomic E-state index is 9.28. The molecule has 0 amide bonds. The Hall–Kier alpha value is -2.76. The molecular formula is C12H14N4O2. The number of hydrogen-bond donors (Lipinski definition) is 6. The van der Waals surface area contributed by atoms with E-state index in [2.05, 4.69) is 10.9 Å². The third-order valence-electron chi connectivity index (χ3n) is 2.41. The van der Waals surface area contributed by atoms with Crippen molar-refractivity contribution in [2.45, 2.75) is 0 Å². The summed E-state index contributed by atoms with van der Waals surface area (Å²) in [6.07, 6.45) is 0. The largest absolute Gasteiger partial charge is 0.506 e. The zero-order valence-corrected chi connectivity index (χ0v) is 9.51. The summed E-state index contributed by atoms with van der Waals surface area (Å²) in [5.41, 5.74) is 18.9. The highest BCUT2D eigenvalue weighted by Gasteiger charge is 2.00. The maximum atomic E-state index is 9.28. The van der Waals surface area contributed by atoms with Crippen molar-refractivity contribution in [3.8, 4) is 11.5 Å². The van der Waals surface area contributed by atoms with Gasteiger partial charge in [-0.05, 0) is 36.4 Å². The minimum atomic E-state index is 0.0365. The summed E-state index contributed by atoms with van der Waals surface area (Å²) in [7, 11) is 0. The summed E-state index contributed by atoms with van der Waals surface area (Å²) in [6.45, 7) is 0. The van der Waals surface area contributed by atoms with Crippen LogP contribution in [0.3, 0.4) is 0 Å². The van der Waals surface area contributed by atoms with Crippen molar-refractivity contribution in [3.05, 3.63) is 36.4 Å². The van der Waals surface area contributed by atoms with Gasteiger partial charge in [0.2, 0.25) is 0 Å². The number of hydrogen-bond acceptors (Lipinski definition) is 6. The second-order valence-corrected chi connectivity index (χ2v) is 3.80. The lowest BCUT2D eigenvalue weighted by atomic mass is 10.2. The van der Waals surface area contributed by atoms with Crippen LogP contribution in [0.2, 0.25) is 0 Å². The van der Waals surface area contributed by atoms with E-state index in [9.17, 15) is 10.2 Å². The lowest BCUT2D eigenvalue weighted by Gasteiger charge is -2.11. The van der Waals surface area contributed by atoms with Crippen molar-refractivity contribution in [2.24, 2.45) is 0 Å². The first kappa shape index (κ1) is 11.7. The Bertz CT molecular complexity index is 520. The predicted molar refractivity (Wildman–Crippen MR) is 72.3 cm³/mol. The molecule has 0 bridgehead atoms. The van der Waals surface area contributed by atoms with E-state index in [0.29, 0.717) is 11.4 Å². The van der Waals surface area contributed by atoms with Gasteiger partial charge in [0.05, 0.1) is 22.7 Å². The van der Waals surface area contributed by atoms with Crippen LogP contribution in [-0.4, -0.2) is 10.2 Å². The first-order valence-electron chi connectivity index (χ1n) is 5.25. The SMILES string of the molecule is Nc1cc(NNc2ccc(O)c(N)c2)ccc1O. The summed E-state index contributed by atoms with van der Waals surface area (Å²) in [5.74, 6) is 0.0730. The zero-order valence-electron chi connectivity index (χ0n) is 9.51. The van der Waals surface area contributed by atoms with Gasteiger partial charge in [-0.2, -0.15) is 0 Å². The number of hydrazine groups is 1. The number of nitrogens with one attached hydrogen (secondary N) is 2. The third kappa shape index (κ3) is 2.49. The Labute approximate surface area is 104 Å². The average Bonchev–Trinajstić information content (AvgIpc) is 2.35. The Morgan fingerprint density at radius 2 is 1.11 bits per heavy atom. The number of rotatable bonds is 3. The molecule has 2 aromatic rings. The normalized spacial score (nSPS) is 10.0. The summed E-state index contributed by atoms with van der Waals surface area (Å²) in [5, 5.41) is 18.6. The second-order valence-electron chi connectivity index (χ2n) is 3.80. The summed E-state index contributed by atoms with van der Waals surface area (Å²) < 4.78 is 0. The number of nitrogens with two attached hydrogens (primary N) is 2. The van der Waals surface area contributed by atoms with Crippen molar-refractivity contribution in [3.63, 3.8) is 0 Å². The van der Waals surface area contributed by atoms with Gasteiger partial charge in [0.25, 0.3) is 0 Å². The molecule has 2 aromatic carbocycles. The van der Waals surface area contributed by atoms with E-state index in [1.807, 2.05) is 0 Å². The molecule has 2 rings (SSSR count). The molecule has 6 nitrogen and oxygen atoms in total. The molecule has 94 valence electrons. The smallest absolute Gasteiger partial charge is 0.138 e. The minimum absolute atomic E-state index is 0.0365. The van der Waals surface area contributed by atoms with Gasteiger partial charge < -0.3 is 32.5 Å². The van der Waals surface area contributed by atoms with Crippen molar-refractivity contribution in [1.29, 1.82) is 0 Å². The summed E-state index contributed by atoms with van der Waals surface area (Å²) in [6, 6.07) is 9.50. The highest BCUT2D eigenvalue weighted by Crippen LogP contribution is 2.25. The topological polar surface area (TPSA) is 117 Å². The Morgan fingerprint density at radius 1 is 0.722 bits per heavy atom. The van der Waals surface area contributed by atoms with Crippen LogP contribution in [0.25, 0.3) is 0 Å². The summed E-state index contributed by atoms with van der Waals surface area (Å²) in [4.78, 5) is 0. The van der Waals surface area contributed by atoms with Crippen molar-refractivity contribution in [1.82, 2.24) is 0 Å². The molecule has 0 fully saturated rings. The molecule has 0 atom stereocenters. The predicted octanol–water partition coefficient (Wildman–Crippen LogP) is 1.70. The molecule has 0 aliphatic heterocycles. The molecule has 0 aliphatic carbocycles. The average molecular weight is 246 g/mol. The van der Waals surface area contributed by atoms with Crippen LogP contribution < -0.4 is 22.3 Å². The molecule has 8 N–H and O–H groups in total. The monoisotopic (exact) mass is 246 g/mol. The number of phenols is 2. The van der Waals surface area contributed by atoms with Gasteiger partial charge in [-0.3, -0.25) is 0 Å². The fraction of sp³-hybridized carbons (Fsp3) is 0. The maximum Gasteiger partial charge on any atom is 0.138 e. The molecule has 0 aliphatic rings. The fourth-order valence-corrected chi connectivity index (χ4v) is 1.41. The molecule has 0 heterocycles. The molecule has 6 heteroatoms. The van der Waals surface area contributed by atoms with E-state index in [-0.39, 0.29) is 22.9 Å². The molecule has 18 heavy (non-hydrogen) atoms. The van der Waals surface area contributed by atoms with Crippen LogP contribution in [-0.2, 0) is 0 Å². The Kier molecular flexibility index (Phi) is 3.01. The number of anilines is 4. The van der Waals surface area contributed by atoms with Crippen molar-refractivity contribution in [2.75, 3.05) is 22.3 Å². The number of nitrogen functional groups attached to an aromatic ring is 2. The van der Waals surface area contributed by atoms with E-state index in [1.54, 1.807) is 24.3 Å². The van der Waals surface area contributed by atoms with Gasteiger partial charge in [-0.1, -0.05) is 0 Å². The summed E-state index contributed by atoms with van der Waals surface area (Å²) >= 11 is 0. The van der Waals surface area contributed by atoms with Gasteiger partial charge in [-0.15, -0.1) is 0 Å². The van der Waals surface area contributed by atoms with Gasteiger partial charge in [0.1, 0.15) is 11.5 Å². The van der Waals surface area contributed by atoms with Crippen molar-refractivity contribution < 1.29 is 10.2 Å². The quantitative estimate of drug-likeness (QED) is 0.212. The fourth-order valence-electron chi connectivity index (χ4n) is 1.41. The van der Waals surface area contributed by atoms with Gasteiger partial charge in [0.15, 0.2) is 0 Å². The molecule has 0 saturated heterocycles. The zero-order chi connectivity index (χ0) is 13.1. The van der Waals surface area contributed by atoms with E-state index in [4.69, 9.17) is 11.5 Å². The molecule has 0 spiro atoms. The second kappa shape index (κ2) is 4.62. The standard InChI is InChI=1S/C12H14N4O2/c13-9-5-7(1-3-11(9)17)15-16-8-2-4-12(18)10(14)6-8/h1-6,15-18H,13-14H2. The van der Waals surface area contributed by atoms with Gasteiger partial charge in [0, 0.05) is 0 Å².